The molecule has 0 spiro atoms. The van der Waals surface area contributed by atoms with E-state index < -0.39 is 5.54 Å². The predicted molar refractivity (Wildman–Crippen MR) is 105 cm³/mol. The van der Waals surface area contributed by atoms with Crippen molar-refractivity contribution < 1.29 is 9.53 Å². The van der Waals surface area contributed by atoms with Gasteiger partial charge in [0.2, 0.25) is 0 Å². The first-order chi connectivity index (χ1) is 12.7. The molecule has 0 radical (unpaired) electrons. The van der Waals surface area contributed by atoms with Crippen LogP contribution in [0.25, 0.3) is 0 Å². The molecule has 4 rings (SSSR count). The number of nitrogens with zero attached hydrogens (tertiary/aromatic N) is 1. The van der Waals surface area contributed by atoms with Gasteiger partial charge < -0.3 is 15.0 Å². The summed E-state index contributed by atoms with van der Waals surface area (Å²) in [6.07, 6.45) is 7.11. The molecule has 2 aromatic rings. The minimum Gasteiger partial charge on any atom is -0.497 e. The van der Waals surface area contributed by atoms with Crippen LogP contribution in [0, 0.1) is 5.92 Å². The van der Waals surface area contributed by atoms with Crippen molar-refractivity contribution in [2.45, 2.75) is 24.8 Å². The molecular weight excluding hydrogens is 324 g/mol. The first-order valence-electron chi connectivity index (χ1n) is 9.19. The van der Waals surface area contributed by atoms with Crippen LogP contribution in [0.2, 0.25) is 0 Å². The molecule has 1 aliphatic heterocycles. The lowest BCUT2D eigenvalue weighted by Gasteiger charge is -2.48. The van der Waals surface area contributed by atoms with E-state index in [2.05, 4.69) is 17.5 Å². The number of amides is 1. The van der Waals surface area contributed by atoms with E-state index in [1.54, 1.807) is 7.11 Å². The van der Waals surface area contributed by atoms with Crippen molar-refractivity contribution in [1.29, 1.82) is 0 Å². The second-order valence-electron chi connectivity index (χ2n) is 6.98. The fourth-order valence-corrected chi connectivity index (χ4v) is 4.13. The third kappa shape index (κ3) is 2.85. The number of fused-ring (bicyclic) bond motifs is 1. The maximum absolute atomic E-state index is 13.6. The van der Waals surface area contributed by atoms with Gasteiger partial charge in [0.25, 0.3) is 5.91 Å². The Morgan fingerprint density at radius 2 is 1.88 bits per heavy atom. The summed E-state index contributed by atoms with van der Waals surface area (Å²) in [6, 6.07) is 17.8. The van der Waals surface area contributed by atoms with Crippen LogP contribution in [-0.2, 0) is 4.79 Å². The zero-order valence-corrected chi connectivity index (χ0v) is 15.0. The number of carbonyl (C=O) groups excluding carboxylic acids is 1. The van der Waals surface area contributed by atoms with Gasteiger partial charge in [-0.1, -0.05) is 30.4 Å². The van der Waals surface area contributed by atoms with E-state index >= 15 is 0 Å². The predicted octanol–water partition coefficient (Wildman–Crippen LogP) is 4.25. The molecule has 134 valence electrons. The molecule has 4 nitrogen and oxygen atoms in total. The number of hydrogen-bond acceptors (Lipinski definition) is 3. The van der Waals surface area contributed by atoms with Crippen LogP contribution < -0.4 is 15.0 Å². The SMILES string of the molecule is COc1ccc(N[C@]23CCC=C[C@H]2CCN(c2ccccc2)C3=O)cc1. The molecule has 0 bridgehead atoms. The molecular formula is C22H24N2O2. The molecule has 1 amide bonds. The second kappa shape index (κ2) is 6.87. The van der Waals surface area contributed by atoms with E-state index in [1.807, 2.05) is 59.5 Å². The summed E-state index contributed by atoms with van der Waals surface area (Å²) in [6.45, 7) is 0.754. The number of benzene rings is 2. The topological polar surface area (TPSA) is 41.6 Å². The van der Waals surface area contributed by atoms with Gasteiger partial charge in [-0.3, -0.25) is 4.79 Å². The van der Waals surface area contributed by atoms with Crippen molar-refractivity contribution in [3.63, 3.8) is 0 Å². The average molecular weight is 348 g/mol. The third-order valence-corrected chi connectivity index (χ3v) is 5.52. The summed E-state index contributed by atoms with van der Waals surface area (Å²) in [4.78, 5) is 15.6. The normalized spacial score (nSPS) is 24.9. The Kier molecular flexibility index (Phi) is 4.41. The second-order valence-corrected chi connectivity index (χ2v) is 6.98. The minimum atomic E-state index is -0.586. The first kappa shape index (κ1) is 16.7. The van der Waals surface area contributed by atoms with Crippen molar-refractivity contribution >= 4 is 17.3 Å². The van der Waals surface area contributed by atoms with Gasteiger partial charge in [-0.2, -0.15) is 0 Å². The van der Waals surface area contributed by atoms with Crippen LogP contribution in [-0.4, -0.2) is 25.1 Å². The number of methoxy groups -OCH3 is 1. The highest BCUT2D eigenvalue weighted by Gasteiger charge is 2.50. The van der Waals surface area contributed by atoms with Gasteiger partial charge >= 0.3 is 0 Å². The monoisotopic (exact) mass is 348 g/mol. The average Bonchev–Trinajstić information content (AvgIpc) is 2.70. The molecule has 1 heterocycles. The van der Waals surface area contributed by atoms with Gasteiger partial charge in [0.15, 0.2) is 0 Å². The molecule has 0 unspecified atom stereocenters. The van der Waals surface area contributed by atoms with Gasteiger partial charge in [-0.15, -0.1) is 0 Å². The maximum Gasteiger partial charge on any atom is 0.253 e. The number of nitrogens with one attached hydrogen (secondary N) is 1. The standard InChI is InChI=1S/C22H24N2O2/c1-26-20-12-10-18(11-13-20)23-22-15-6-5-7-17(22)14-16-24(21(22)25)19-8-3-2-4-9-19/h2-5,7-13,17,23H,6,14-16H2,1H3/t17-,22+/m0/s1. The highest BCUT2D eigenvalue weighted by atomic mass is 16.5. The van der Waals surface area contributed by atoms with Crippen molar-refractivity contribution in [1.82, 2.24) is 0 Å². The molecule has 1 saturated heterocycles. The fraction of sp³-hybridized carbons (Fsp3) is 0.318. The Morgan fingerprint density at radius 3 is 2.62 bits per heavy atom. The summed E-state index contributed by atoms with van der Waals surface area (Å²) in [5.41, 5.74) is 1.34. The van der Waals surface area contributed by atoms with Crippen LogP contribution in [0.5, 0.6) is 5.75 Å². The number of para-hydroxylation sites is 1. The molecule has 2 aromatic carbocycles. The summed E-state index contributed by atoms with van der Waals surface area (Å²) >= 11 is 0. The molecule has 1 N–H and O–H groups in total. The van der Waals surface area contributed by atoms with Crippen molar-refractivity contribution in [3.05, 3.63) is 66.7 Å². The Bertz CT molecular complexity index is 801. The van der Waals surface area contributed by atoms with Crippen LogP contribution in [0.3, 0.4) is 0 Å². The largest absolute Gasteiger partial charge is 0.497 e. The van der Waals surface area contributed by atoms with Gasteiger partial charge in [0, 0.05) is 23.8 Å². The van der Waals surface area contributed by atoms with E-state index in [4.69, 9.17) is 4.74 Å². The van der Waals surface area contributed by atoms with Gasteiger partial charge in [-0.25, -0.2) is 0 Å². The number of piperidine rings is 1. The van der Waals surface area contributed by atoms with Crippen molar-refractivity contribution in [3.8, 4) is 5.75 Å². The molecule has 1 fully saturated rings. The van der Waals surface area contributed by atoms with Crippen LogP contribution in [0.15, 0.2) is 66.7 Å². The number of carbonyl (C=O) groups is 1. The minimum absolute atomic E-state index is 0.167. The van der Waals surface area contributed by atoms with E-state index in [1.165, 1.54) is 0 Å². The molecule has 2 aliphatic rings. The van der Waals surface area contributed by atoms with Crippen LogP contribution >= 0.6 is 0 Å². The Balaban J connectivity index is 1.68. The van der Waals surface area contributed by atoms with E-state index in [0.717, 1.165) is 42.9 Å². The Hall–Kier alpha value is -2.75. The highest BCUT2D eigenvalue weighted by molar-refractivity contribution is 6.03. The van der Waals surface area contributed by atoms with E-state index in [9.17, 15) is 4.79 Å². The summed E-state index contributed by atoms with van der Waals surface area (Å²) in [5.74, 6) is 1.19. The van der Waals surface area contributed by atoms with Crippen LogP contribution in [0.1, 0.15) is 19.3 Å². The first-order valence-corrected chi connectivity index (χ1v) is 9.19. The van der Waals surface area contributed by atoms with Crippen molar-refractivity contribution in [2.75, 3.05) is 23.9 Å². The maximum atomic E-state index is 13.6. The number of ether oxygens (including phenoxy) is 1. The van der Waals surface area contributed by atoms with Gasteiger partial charge in [0.05, 0.1) is 7.11 Å². The third-order valence-electron chi connectivity index (χ3n) is 5.52. The molecule has 4 heteroatoms. The van der Waals surface area contributed by atoms with E-state index in [-0.39, 0.29) is 11.8 Å². The number of allylic oxidation sites excluding steroid dienone is 1. The zero-order valence-electron chi connectivity index (χ0n) is 15.0. The Labute approximate surface area is 154 Å². The molecule has 26 heavy (non-hydrogen) atoms. The molecule has 0 saturated carbocycles. The van der Waals surface area contributed by atoms with E-state index in [0.29, 0.717) is 0 Å². The summed E-state index contributed by atoms with van der Waals surface area (Å²) in [5, 5.41) is 3.60. The number of anilines is 2. The smallest absolute Gasteiger partial charge is 0.253 e. The lowest BCUT2D eigenvalue weighted by atomic mass is 9.71. The van der Waals surface area contributed by atoms with Gasteiger partial charge in [-0.05, 0) is 55.7 Å². The fourth-order valence-electron chi connectivity index (χ4n) is 4.13. The number of rotatable bonds is 4. The molecule has 0 aromatic heterocycles. The Morgan fingerprint density at radius 1 is 1.12 bits per heavy atom. The lowest BCUT2D eigenvalue weighted by molar-refractivity contribution is -0.126. The summed E-state index contributed by atoms with van der Waals surface area (Å²) in [7, 11) is 1.66. The quantitative estimate of drug-likeness (QED) is 0.840. The molecule has 1 aliphatic carbocycles. The van der Waals surface area contributed by atoms with Crippen molar-refractivity contribution in [2.24, 2.45) is 5.92 Å². The van der Waals surface area contributed by atoms with Gasteiger partial charge in [0.1, 0.15) is 11.3 Å². The number of hydrogen-bond donors (Lipinski definition) is 1. The lowest BCUT2D eigenvalue weighted by Crippen LogP contribution is -2.63. The zero-order chi connectivity index (χ0) is 18.0. The van der Waals surface area contributed by atoms with Crippen LogP contribution in [0.4, 0.5) is 11.4 Å². The summed E-state index contributed by atoms with van der Waals surface area (Å²) < 4.78 is 5.25. The highest BCUT2D eigenvalue weighted by Crippen LogP contribution is 2.41. The molecule has 2 atom stereocenters.